The van der Waals surface area contributed by atoms with E-state index in [0.717, 1.165) is 122 Å². The van der Waals surface area contributed by atoms with Gasteiger partial charge in [0.15, 0.2) is 5.65 Å². The number of methoxy groups -OCH3 is 1. The Kier molecular flexibility index (Phi) is 11.7. The average Bonchev–Trinajstić information content (AvgIpc) is 3.44. The molecular formula is C38H52N8O3. The number of anilines is 1. The number of likely N-dealkylation sites (N-methyl/N-ethyl adjacent to an activating group) is 1. The van der Waals surface area contributed by atoms with Gasteiger partial charge in [0.05, 0.1) is 24.4 Å². The Labute approximate surface area is 290 Å². The molecule has 2 aromatic heterocycles. The van der Waals surface area contributed by atoms with Crippen molar-refractivity contribution in [3.8, 4) is 16.9 Å². The van der Waals surface area contributed by atoms with E-state index in [-0.39, 0.29) is 6.03 Å². The highest BCUT2D eigenvalue weighted by Gasteiger charge is 2.22. The monoisotopic (exact) mass is 668 g/mol. The third-order valence-corrected chi connectivity index (χ3v) is 9.78. The van der Waals surface area contributed by atoms with E-state index in [9.17, 15) is 4.79 Å². The molecule has 2 amide bonds. The van der Waals surface area contributed by atoms with E-state index in [1.165, 1.54) is 12.0 Å². The molecule has 2 saturated heterocycles. The zero-order valence-corrected chi connectivity index (χ0v) is 29.6. The van der Waals surface area contributed by atoms with E-state index in [1.54, 1.807) is 7.11 Å². The summed E-state index contributed by atoms with van der Waals surface area (Å²) in [6.45, 7) is 12.5. The van der Waals surface area contributed by atoms with Crippen molar-refractivity contribution in [3.05, 3.63) is 71.0 Å². The van der Waals surface area contributed by atoms with Crippen LogP contribution in [0.15, 0.2) is 48.7 Å². The normalized spacial score (nSPS) is 16.4. The minimum absolute atomic E-state index is 0.231. The largest absolute Gasteiger partial charge is 0.496 e. The number of rotatable bonds is 12. The Morgan fingerprint density at radius 2 is 1.84 bits per heavy atom. The number of carbonyl (C=O) groups excluding carboxylic acids is 1. The van der Waals surface area contributed by atoms with Crippen molar-refractivity contribution in [2.75, 3.05) is 58.9 Å². The summed E-state index contributed by atoms with van der Waals surface area (Å²) in [6.07, 6.45) is 5.70. The van der Waals surface area contributed by atoms with Crippen LogP contribution in [-0.2, 0) is 37.3 Å². The highest BCUT2D eigenvalue weighted by atomic mass is 16.5. The molecule has 262 valence electrons. The van der Waals surface area contributed by atoms with Crippen LogP contribution < -0.4 is 20.7 Å². The van der Waals surface area contributed by atoms with E-state index in [0.29, 0.717) is 19.1 Å². The number of nitrogens with one attached hydrogen (secondary N) is 3. The molecule has 2 fully saturated rings. The lowest BCUT2D eigenvalue weighted by molar-refractivity contribution is 0.0904. The van der Waals surface area contributed by atoms with E-state index < -0.39 is 0 Å². The summed E-state index contributed by atoms with van der Waals surface area (Å²) in [5.41, 5.74) is 8.27. The predicted molar refractivity (Wildman–Crippen MR) is 195 cm³/mol. The standard InChI is InChI=1S/C38H52N8O3/c1-5-34-32(36(42-30-13-19-49-20-14-30)33-25-41-46(6-2)37(33)43-34)24-40-38(47)39-23-27-11-12-35(48-4)31(22-27)29-10-7-9-28(21-29)26-45-16-8-15-44(3)17-18-45/h7,9-12,21-22,25,30H,5-6,8,13-20,23-24,26H2,1-4H3,(H,42,43)(H2,39,40,47). The van der Waals surface area contributed by atoms with Crippen molar-refractivity contribution >= 4 is 22.8 Å². The predicted octanol–water partition coefficient (Wildman–Crippen LogP) is 5.42. The zero-order chi connectivity index (χ0) is 34.2. The molecule has 11 heteroatoms. The lowest BCUT2D eigenvalue weighted by atomic mass is 9.99. The third-order valence-electron chi connectivity index (χ3n) is 9.78. The van der Waals surface area contributed by atoms with Crippen LogP contribution in [0.25, 0.3) is 22.2 Å². The van der Waals surface area contributed by atoms with Gasteiger partial charge in [-0.05, 0) is 87.6 Å². The first-order valence-corrected chi connectivity index (χ1v) is 17.9. The molecule has 2 aromatic carbocycles. The van der Waals surface area contributed by atoms with Gasteiger partial charge in [0.25, 0.3) is 0 Å². The van der Waals surface area contributed by atoms with Gasteiger partial charge in [-0.2, -0.15) is 5.10 Å². The molecule has 2 aliphatic heterocycles. The lowest BCUT2D eigenvalue weighted by Crippen LogP contribution is -2.35. The number of amides is 2. The minimum Gasteiger partial charge on any atom is -0.496 e. The summed E-state index contributed by atoms with van der Waals surface area (Å²) >= 11 is 0. The molecule has 4 heterocycles. The molecule has 0 bridgehead atoms. The van der Waals surface area contributed by atoms with Gasteiger partial charge in [0.1, 0.15) is 5.75 Å². The third kappa shape index (κ3) is 8.52. The van der Waals surface area contributed by atoms with Gasteiger partial charge in [-0.25, -0.2) is 14.5 Å². The van der Waals surface area contributed by atoms with Gasteiger partial charge in [-0.1, -0.05) is 31.2 Å². The summed E-state index contributed by atoms with van der Waals surface area (Å²) in [7, 11) is 3.91. The van der Waals surface area contributed by atoms with E-state index in [1.807, 2.05) is 23.0 Å². The van der Waals surface area contributed by atoms with Gasteiger partial charge >= 0.3 is 6.03 Å². The van der Waals surface area contributed by atoms with Crippen LogP contribution >= 0.6 is 0 Å². The number of aromatic nitrogens is 3. The number of nitrogens with zero attached hydrogens (tertiary/aromatic N) is 5. The Morgan fingerprint density at radius 1 is 1.00 bits per heavy atom. The summed E-state index contributed by atoms with van der Waals surface area (Å²) in [5.74, 6) is 0.813. The fourth-order valence-corrected chi connectivity index (χ4v) is 6.96. The first-order chi connectivity index (χ1) is 23.9. The van der Waals surface area contributed by atoms with Gasteiger partial charge < -0.3 is 30.3 Å². The summed E-state index contributed by atoms with van der Waals surface area (Å²) in [4.78, 5) is 23.2. The number of hydrogen-bond acceptors (Lipinski definition) is 8. The number of aryl methyl sites for hydroxylation is 2. The van der Waals surface area contributed by atoms with E-state index in [4.69, 9.17) is 14.5 Å². The smallest absolute Gasteiger partial charge is 0.315 e. The van der Waals surface area contributed by atoms with Crippen molar-refractivity contribution in [2.24, 2.45) is 0 Å². The maximum atomic E-state index is 13.2. The highest BCUT2D eigenvalue weighted by molar-refractivity contribution is 5.92. The summed E-state index contributed by atoms with van der Waals surface area (Å²) < 4.78 is 13.3. The first-order valence-electron chi connectivity index (χ1n) is 17.9. The van der Waals surface area contributed by atoms with Crippen LogP contribution in [0.1, 0.15) is 55.5 Å². The van der Waals surface area contributed by atoms with Gasteiger partial charge in [-0.15, -0.1) is 0 Å². The van der Waals surface area contributed by atoms with Crippen LogP contribution in [0.2, 0.25) is 0 Å². The molecule has 0 spiro atoms. The van der Waals surface area contributed by atoms with Crippen molar-refractivity contribution < 1.29 is 14.3 Å². The minimum atomic E-state index is -0.231. The first kappa shape index (κ1) is 34.7. The van der Waals surface area contributed by atoms with Gasteiger partial charge in [0.2, 0.25) is 0 Å². The van der Waals surface area contributed by atoms with Gasteiger partial charge in [-0.3, -0.25) is 4.90 Å². The number of carbonyl (C=O) groups is 1. The molecule has 0 aliphatic carbocycles. The molecule has 3 N–H and O–H groups in total. The van der Waals surface area contributed by atoms with Crippen molar-refractivity contribution in [3.63, 3.8) is 0 Å². The molecule has 0 atom stereocenters. The Bertz CT molecular complexity index is 1720. The second kappa shape index (κ2) is 16.5. The Hall–Kier alpha value is -4.19. The molecule has 49 heavy (non-hydrogen) atoms. The highest BCUT2D eigenvalue weighted by Crippen LogP contribution is 2.33. The Balaban J connectivity index is 1.14. The molecule has 0 unspecified atom stereocenters. The lowest BCUT2D eigenvalue weighted by Gasteiger charge is -2.26. The molecule has 0 saturated carbocycles. The van der Waals surface area contributed by atoms with Crippen molar-refractivity contribution in [1.82, 2.24) is 35.2 Å². The number of ether oxygens (including phenoxy) is 2. The number of benzene rings is 2. The maximum Gasteiger partial charge on any atom is 0.315 e. The van der Waals surface area contributed by atoms with Crippen LogP contribution in [0.3, 0.4) is 0 Å². The number of pyridine rings is 1. The quantitative estimate of drug-likeness (QED) is 0.184. The maximum absolute atomic E-state index is 13.2. The van der Waals surface area contributed by atoms with Crippen LogP contribution in [-0.4, -0.2) is 90.2 Å². The van der Waals surface area contributed by atoms with Crippen molar-refractivity contribution in [1.29, 1.82) is 0 Å². The van der Waals surface area contributed by atoms with Crippen LogP contribution in [0.4, 0.5) is 10.5 Å². The van der Waals surface area contributed by atoms with Crippen molar-refractivity contribution in [2.45, 2.75) is 71.8 Å². The second-order valence-corrected chi connectivity index (χ2v) is 13.2. The number of hydrogen-bond donors (Lipinski definition) is 3. The molecular weight excluding hydrogens is 616 g/mol. The number of urea groups is 1. The molecule has 11 nitrogen and oxygen atoms in total. The average molecular weight is 669 g/mol. The molecule has 0 radical (unpaired) electrons. The SMILES string of the molecule is CCc1nc2c(cnn2CC)c(NC2CCOCC2)c1CNC(=O)NCc1ccc(OC)c(-c2cccc(CN3CCCN(C)CC3)c2)c1. The van der Waals surface area contributed by atoms with E-state index >= 15 is 0 Å². The summed E-state index contributed by atoms with van der Waals surface area (Å²) in [6, 6.07) is 14.9. The van der Waals surface area contributed by atoms with Crippen LogP contribution in [0.5, 0.6) is 5.75 Å². The topological polar surface area (TPSA) is 109 Å². The molecule has 2 aliphatic rings. The van der Waals surface area contributed by atoms with Gasteiger partial charge in [0, 0.05) is 75.3 Å². The molecule has 4 aromatic rings. The van der Waals surface area contributed by atoms with E-state index in [2.05, 4.69) is 82.1 Å². The zero-order valence-electron chi connectivity index (χ0n) is 29.6. The van der Waals surface area contributed by atoms with Crippen LogP contribution in [0, 0.1) is 0 Å². The Morgan fingerprint density at radius 3 is 2.63 bits per heavy atom. The second-order valence-electron chi connectivity index (χ2n) is 13.2. The fourth-order valence-electron chi connectivity index (χ4n) is 6.96. The fraction of sp³-hybridized carbons (Fsp3) is 0.500. The molecule has 6 rings (SSSR count). The summed E-state index contributed by atoms with van der Waals surface area (Å²) in [5, 5.41) is 15.6. The number of fused-ring (bicyclic) bond motifs is 1.